The molecule has 0 aromatic heterocycles. The zero-order valence-corrected chi connectivity index (χ0v) is 26.0. The number of anilines is 2. The van der Waals surface area contributed by atoms with Gasteiger partial charge in [-0.2, -0.15) is 0 Å². The molecule has 2 aromatic carbocycles. The highest BCUT2D eigenvalue weighted by Crippen LogP contribution is 2.46. The molecule has 0 spiro atoms. The van der Waals surface area contributed by atoms with E-state index in [-0.39, 0.29) is 56.4 Å². The van der Waals surface area contributed by atoms with Crippen LogP contribution in [0.4, 0.5) is 11.4 Å². The Balaban J connectivity index is 1.52. The topological polar surface area (TPSA) is 149 Å². The molecule has 242 valence electrons. The van der Waals surface area contributed by atoms with E-state index in [1.807, 2.05) is 30.3 Å². The first-order chi connectivity index (χ1) is 21.7. The fourth-order valence-electron chi connectivity index (χ4n) is 5.88. The van der Waals surface area contributed by atoms with Crippen LogP contribution < -0.4 is 15.5 Å². The number of rotatable bonds is 15. The highest BCUT2D eigenvalue weighted by atomic mass is 16.5. The van der Waals surface area contributed by atoms with Crippen molar-refractivity contribution in [2.75, 3.05) is 43.6 Å². The predicted molar refractivity (Wildman–Crippen MR) is 170 cm³/mol. The maximum atomic E-state index is 13.9. The first-order valence-electron chi connectivity index (χ1n) is 15.6. The van der Waals surface area contributed by atoms with E-state index in [0.29, 0.717) is 36.3 Å². The maximum Gasteiger partial charge on any atom is 0.305 e. The molecule has 4 rings (SSSR count). The van der Waals surface area contributed by atoms with Crippen LogP contribution in [0.5, 0.6) is 0 Å². The van der Waals surface area contributed by atoms with Gasteiger partial charge in [0.1, 0.15) is 0 Å². The van der Waals surface area contributed by atoms with E-state index in [9.17, 15) is 29.4 Å². The molecule has 11 heteroatoms. The van der Waals surface area contributed by atoms with Gasteiger partial charge in [0, 0.05) is 49.6 Å². The van der Waals surface area contributed by atoms with Gasteiger partial charge in [0.15, 0.2) is 5.60 Å². The molecule has 1 saturated heterocycles. The second kappa shape index (κ2) is 15.8. The van der Waals surface area contributed by atoms with E-state index in [2.05, 4.69) is 10.6 Å². The number of ether oxygens (including phenoxy) is 1. The van der Waals surface area contributed by atoms with E-state index in [0.717, 1.165) is 24.9 Å². The molecule has 0 unspecified atom stereocenters. The van der Waals surface area contributed by atoms with Gasteiger partial charge in [-0.25, -0.2) is 0 Å². The first kappa shape index (κ1) is 33.8. The Morgan fingerprint density at radius 2 is 1.98 bits per heavy atom. The van der Waals surface area contributed by atoms with Crippen molar-refractivity contribution in [2.45, 2.75) is 63.6 Å². The highest BCUT2D eigenvalue weighted by molar-refractivity contribution is 6.08. The van der Waals surface area contributed by atoms with E-state index in [1.54, 1.807) is 42.2 Å². The summed E-state index contributed by atoms with van der Waals surface area (Å²) in [5.74, 6) is -1.93. The third-order valence-electron chi connectivity index (χ3n) is 8.47. The zero-order chi connectivity index (χ0) is 32.4. The number of nitrogens with one attached hydrogen (secondary N) is 2. The van der Waals surface area contributed by atoms with Gasteiger partial charge in [-0.1, -0.05) is 49.4 Å². The zero-order valence-electron chi connectivity index (χ0n) is 26.0. The number of nitrogens with zero attached hydrogens (tertiary/aromatic N) is 2. The SMILES string of the molecule is COC(=O)CCCCN1C(=O)[C@](O)([C@H](C)/C=C/CC(=O)N(CCO)Cc2ccccc2)c2cc(NC(=O)[C@H]3CCCN3)ccc21. The van der Waals surface area contributed by atoms with Crippen molar-refractivity contribution in [2.24, 2.45) is 5.92 Å². The van der Waals surface area contributed by atoms with Crippen molar-refractivity contribution in [1.29, 1.82) is 0 Å². The standard InChI is InChI=1S/C34H44N4O7/c1-24(10-8-14-30(40)37(20-21-39)23-25-11-4-3-5-12-25)34(44)27-22-26(36-32(42)28-13-9-18-35-28)16-17-29(27)38(33(34)43)19-7-6-15-31(41)45-2/h3-5,8,10-12,16-17,22,24,28,35,39,44H,6-7,9,13-15,18-21,23H2,1-2H3,(H,36,42)/b10-8+/t24-,28-,34+/m1/s1. The van der Waals surface area contributed by atoms with Crippen LogP contribution in [-0.4, -0.2) is 78.2 Å². The summed E-state index contributed by atoms with van der Waals surface area (Å²) in [5.41, 5.74) is 0.367. The van der Waals surface area contributed by atoms with E-state index >= 15 is 0 Å². The fourth-order valence-corrected chi connectivity index (χ4v) is 5.88. The van der Waals surface area contributed by atoms with Crippen LogP contribution in [0, 0.1) is 5.92 Å². The van der Waals surface area contributed by atoms with Crippen molar-refractivity contribution in [1.82, 2.24) is 10.2 Å². The number of benzene rings is 2. The number of carbonyl (C=O) groups excluding carboxylic acids is 4. The lowest BCUT2D eigenvalue weighted by molar-refractivity contribution is -0.140. The molecule has 0 bridgehead atoms. The molecule has 0 aliphatic carbocycles. The monoisotopic (exact) mass is 620 g/mol. The van der Waals surface area contributed by atoms with Crippen LogP contribution in [0.1, 0.15) is 56.6 Å². The van der Waals surface area contributed by atoms with Crippen LogP contribution >= 0.6 is 0 Å². The Hall–Kier alpha value is -4.06. The molecule has 1 fully saturated rings. The van der Waals surface area contributed by atoms with Crippen molar-refractivity contribution >= 4 is 35.1 Å². The van der Waals surface area contributed by atoms with Gasteiger partial charge in [-0.05, 0) is 56.0 Å². The average molecular weight is 621 g/mol. The van der Waals surface area contributed by atoms with Gasteiger partial charge in [0.2, 0.25) is 11.8 Å². The van der Waals surface area contributed by atoms with E-state index in [1.165, 1.54) is 12.0 Å². The van der Waals surface area contributed by atoms with Crippen LogP contribution in [0.3, 0.4) is 0 Å². The lowest BCUT2D eigenvalue weighted by Crippen LogP contribution is -2.44. The summed E-state index contributed by atoms with van der Waals surface area (Å²) >= 11 is 0. The highest BCUT2D eigenvalue weighted by Gasteiger charge is 2.52. The summed E-state index contributed by atoms with van der Waals surface area (Å²) in [5, 5.41) is 27.7. The van der Waals surface area contributed by atoms with Crippen molar-refractivity contribution in [3.63, 3.8) is 0 Å². The molecule has 0 saturated carbocycles. The number of aliphatic hydroxyl groups is 2. The number of amides is 3. The molecule has 2 heterocycles. The minimum absolute atomic E-state index is 0.0238. The Labute approximate surface area is 264 Å². The summed E-state index contributed by atoms with van der Waals surface area (Å²) in [7, 11) is 1.33. The van der Waals surface area contributed by atoms with Crippen molar-refractivity contribution < 1.29 is 34.1 Å². The molecule has 11 nitrogen and oxygen atoms in total. The molecule has 2 aliphatic rings. The lowest BCUT2D eigenvalue weighted by atomic mass is 9.82. The van der Waals surface area contributed by atoms with E-state index in [4.69, 9.17) is 4.74 Å². The molecule has 3 amide bonds. The lowest BCUT2D eigenvalue weighted by Gasteiger charge is -2.28. The summed E-state index contributed by atoms with van der Waals surface area (Å²) < 4.78 is 4.71. The molecule has 2 aromatic rings. The molecule has 3 atom stereocenters. The van der Waals surface area contributed by atoms with Crippen molar-refractivity contribution in [3.05, 3.63) is 71.8 Å². The third-order valence-corrected chi connectivity index (χ3v) is 8.47. The summed E-state index contributed by atoms with van der Waals surface area (Å²) in [6.45, 7) is 3.14. The quantitative estimate of drug-likeness (QED) is 0.135. The van der Waals surface area contributed by atoms with Crippen molar-refractivity contribution in [3.8, 4) is 0 Å². The molecular formula is C34H44N4O7. The van der Waals surface area contributed by atoms with Gasteiger partial charge in [0.25, 0.3) is 5.91 Å². The number of esters is 1. The Kier molecular flexibility index (Phi) is 11.9. The fraction of sp³-hybridized carbons (Fsp3) is 0.471. The average Bonchev–Trinajstić information content (AvgIpc) is 3.66. The second-order valence-electron chi connectivity index (χ2n) is 11.6. The number of hydrogen-bond donors (Lipinski definition) is 4. The van der Waals surface area contributed by atoms with Gasteiger partial charge < -0.3 is 35.4 Å². The predicted octanol–water partition coefficient (Wildman–Crippen LogP) is 2.86. The number of aliphatic hydroxyl groups excluding tert-OH is 1. The molecule has 0 radical (unpaired) electrons. The van der Waals surface area contributed by atoms with E-state index < -0.39 is 17.4 Å². The van der Waals surface area contributed by atoms with Gasteiger partial charge in [-0.3, -0.25) is 19.2 Å². The third kappa shape index (κ3) is 8.16. The number of methoxy groups -OCH3 is 1. The Bertz CT molecular complexity index is 1380. The number of unbranched alkanes of at least 4 members (excludes halogenated alkanes) is 1. The van der Waals surface area contributed by atoms with Gasteiger partial charge >= 0.3 is 5.97 Å². The second-order valence-corrected chi connectivity index (χ2v) is 11.6. The molecule has 45 heavy (non-hydrogen) atoms. The minimum atomic E-state index is -1.95. The number of carbonyl (C=O) groups is 4. The number of fused-ring (bicyclic) bond motifs is 1. The Morgan fingerprint density at radius 3 is 2.67 bits per heavy atom. The van der Waals surface area contributed by atoms with Crippen LogP contribution in [0.25, 0.3) is 0 Å². The van der Waals surface area contributed by atoms with Crippen LogP contribution in [-0.2, 0) is 36.1 Å². The summed E-state index contributed by atoms with van der Waals surface area (Å²) in [6, 6.07) is 14.3. The molecule has 2 aliphatic heterocycles. The Morgan fingerprint density at radius 1 is 1.20 bits per heavy atom. The summed E-state index contributed by atoms with van der Waals surface area (Å²) in [6.07, 6.45) is 6.23. The van der Waals surface area contributed by atoms with Gasteiger partial charge in [-0.15, -0.1) is 0 Å². The molecular weight excluding hydrogens is 576 g/mol. The molecule has 4 N–H and O–H groups in total. The van der Waals surface area contributed by atoms with Crippen LogP contribution in [0.2, 0.25) is 0 Å². The van der Waals surface area contributed by atoms with Crippen LogP contribution in [0.15, 0.2) is 60.7 Å². The largest absolute Gasteiger partial charge is 0.469 e. The summed E-state index contributed by atoms with van der Waals surface area (Å²) in [4.78, 5) is 54.4. The number of hydrogen-bond acceptors (Lipinski definition) is 8. The normalized spacial score (nSPS) is 19.9. The maximum absolute atomic E-state index is 13.9. The van der Waals surface area contributed by atoms with Gasteiger partial charge in [0.05, 0.1) is 25.4 Å². The first-order valence-corrected chi connectivity index (χ1v) is 15.6. The minimum Gasteiger partial charge on any atom is -0.469 e. The smallest absolute Gasteiger partial charge is 0.305 e.